The zero-order valence-electron chi connectivity index (χ0n) is 17.0. The molecule has 1 unspecified atom stereocenters. The van der Waals surface area contributed by atoms with Crippen molar-refractivity contribution in [3.8, 4) is 5.75 Å². The summed E-state index contributed by atoms with van der Waals surface area (Å²) < 4.78 is 11.8. The van der Waals surface area contributed by atoms with Crippen LogP contribution in [0.2, 0.25) is 0 Å². The number of nitrogens with two attached hydrogens (primary N) is 1. The Kier molecular flexibility index (Phi) is 8.94. The Morgan fingerprint density at radius 2 is 1.88 bits per heavy atom. The maximum absolute atomic E-state index is 10.0. The average molecular weight is 428 g/mol. The summed E-state index contributed by atoms with van der Waals surface area (Å²) in [5.41, 5.74) is 5.65. The molecule has 1 aliphatic rings. The molecule has 5 heteroatoms. The van der Waals surface area contributed by atoms with E-state index in [2.05, 4.69) is 59.6 Å². The summed E-state index contributed by atoms with van der Waals surface area (Å²) in [5, 5.41) is 0. The van der Waals surface area contributed by atoms with Gasteiger partial charge < -0.3 is 15.2 Å². The van der Waals surface area contributed by atoms with E-state index in [-0.39, 0.29) is 0 Å². The van der Waals surface area contributed by atoms with Crippen molar-refractivity contribution in [1.29, 1.82) is 0 Å². The molecular formula is C21H34BrNO3. The highest BCUT2D eigenvalue weighted by Crippen LogP contribution is 2.45. The summed E-state index contributed by atoms with van der Waals surface area (Å²) in [5.74, 6) is 3.20. The van der Waals surface area contributed by atoms with Gasteiger partial charge in [0, 0.05) is 4.47 Å². The van der Waals surface area contributed by atoms with Crippen molar-refractivity contribution in [2.45, 2.75) is 72.3 Å². The molecule has 4 nitrogen and oxygen atoms in total. The molecule has 1 atom stereocenters. The molecule has 2 rings (SSSR count). The monoisotopic (exact) mass is 427 g/mol. The van der Waals surface area contributed by atoms with Crippen molar-refractivity contribution in [2.75, 3.05) is 6.61 Å². The molecule has 1 saturated carbocycles. The van der Waals surface area contributed by atoms with Gasteiger partial charge in [-0.25, -0.2) is 4.79 Å². The van der Waals surface area contributed by atoms with E-state index in [4.69, 9.17) is 10.5 Å². The Balaban J connectivity index is 0.000000359. The van der Waals surface area contributed by atoms with Crippen molar-refractivity contribution in [2.24, 2.45) is 17.6 Å². The van der Waals surface area contributed by atoms with Crippen molar-refractivity contribution >= 4 is 22.0 Å². The standard InChI is InChI=1S/C16H23BrO.C5H11NO2/c1-11(2)8-12(3)10-18-16-7-6-14(17)9-15(16)13-4-5-13;1-5(2,3)8-4(6)7/h6-7,9,11-13H,4-5,8,10H2,1-3H3;1-3H3,(H2,6,7). The third-order valence-corrected chi connectivity index (χ3v) is 4.29. The zero-order chi connectivity index (χ0) is 19.9. The third-order valence-electron chi connectivity index (χ3n) is 3.79. The fraction of sp³-hybridized carbons (Fsp3) is 0.667. The summed E-state index contributed by atoms with van der Waals surface area (Å²) in [4.78, 5) is 10.0. The van der Waals surface area contributed by atoms with Gasteiger partial charge in [0.1, 0.15) is 11.4 Å². The van der Waals surface area contributed by atoms with Gasteiger partial charge in [-0.2, -0.15) is 0 Å². The molecule has 26 heavy (non-hydrogen) atoms. The lowest BCUT2D eigenvalue weighted by Gasteiger charge is -2.17. The van der Waals surface area contributed by atoms with Crippen LogP contribution in [-0.2, 0) is 4.74 Å². The van der Waals surface area contributed by atoms with E-state index < -0.39 is 11.7 Å². The summed E-state index contributed by atoms with van der Waals surface area (Å²) in [6.07, 6.45) is 3.13. The number of halogens is 1. The molecule has 1 fully saturated rings. The fourth-order valence-electron chi connectivity index (χ4n) is 2.77. The summed E-state index contributed by atoms with van der Waals surface area (Å²) in [6, 6.07) is 6.41. The van der Waals surface area contributed by atoms with Crippen LogP contribution in [0, 0.1) is 11.8 Å². The van der Waals surface area contributed by atoms with Crippen LogP contribution >= 0.6 is 15.9 Å². The lowest BCUT2D eigenvalue weighted by molar-refractivity contribution is 0.0600. The molecule has 0 heterocycles. The molecule has 1 aliphatic carbocycles. The first kappa shape index (κ1) is 22.8. The van der Waals surface area contributed by atoms with Crippen LogP contribution in [0.25, 0.3) is 0 Å². The zero-order valence-corrected chi connectivity index (χ0v) is 18.6. The van der Waals surface area contributed by atoms with Gasteiger partial charge in [0.15, 0.2) is 0 Å². The Morgan fingerprint density at radius 3 is 2.31 bits per heavy atom. The predicted molar refractivity (Wildman–Crippen MR) is 111 cm³/mol. The topological polar surface area (TPSA) is 61.5 Å². The Hall–Kier alpha value is -1.23. The van der Waals surface area contributed by atoms with E-state index >= 15 is 0 Å². The maximum atomic E-state index is 10.0. The van der Waals surface area contributed by atoms with Crippen molar-refractivity contribution in [3.63, 3.8) is 0 Å². The van der Waals surface area contributed by atoms with Crippen LogP contribution in [0.4, 0.5) is 4.79 Å². The van der Waals surface area contributed by atoms with Gasteiger partial charge >= 0.3 is 6.09 Å². The highest BCUT2D eigenvalue weighted by atomic mass is 79.9. The Bertz CT molecular complexity index is 577. The third kappa shape index (κ3) is 10.0. The highest BCUT2D eigenvalue weighted by Gasteiger charge is 2.27. The molecule has 0 bridgehead atoms. The van der Waals surface area contributed by atoms with E-state index in [1.54, 1.807) is 20.8 Å². The van der Waals surface area contributed by atoms with Crippen LogP contribution in [0.1, 0.15) is 72.3 Å². The first-order chi connectivity index (χ1) is 12.0. The second kappa shape index (κ2) is 10.2. The van der Waals surface area contributed by atoms with Gasteiger partial charge in [-0.05, 0) is 81.5 Å². The molecule has 0 aromatic heterocycles. The molecule has 1 amide bonds. The number of hydrogen-bond acceptors (Lipinski definition) is 3. The number of ether oxygens (including phenoxy) is 2. The van der Waals surface area contributed by atoms with Crippen LogP contribution in [0.15, 0.2) is 22.7 Å². The van der Waals surface area contributed by atoms with Gasteiger partial charge in [0.2, 0.25) is 0 Å². The van der Waals surface area contributed by atoms with Crippen LogP contribution < -0.4 is 10.5 Å². The van der Waals surface area contributed by atoms with Crippen molar-refractivity contribution in [3.05, 3.63) is 28.2 Å². The molecule has 2 N–H and O–H groups in total. The van der Waals surface area contributed by atoms with Crippen LogP contribution in [0.3, 0.4) is 0 Å². The quantitative estimate of drug-likeness (QED) is 0.581. The van der Waals surface area contributed by atoms with Gasteiger partial charge in [0.05, 0.1) is 6.61 Å². The number of primary amides is 1. The summed E-state index contributed by atoms with van der Waals surface area (Å²) >= 11 is 3.55. The first-order valence-corrected chi connectivity index (χ1v) is 10.2. The highest BCUT2D eigenvalue weighted by molar-refractivity contribution is 9.10. The largest absolute Gasteiger partial charge is 0.493 e. The van der Waals surface area contributed by atoms with E-state index in [0.717, 1.165) is 28.7 Å². The van der Waals surface area contributed by atoms with Gasteiger partial charge in [-0.1, -0.05) is 36.7 Å². The number of carbonyl (C=O) groups excluding carboxylic acids is 1. The molecule has 1 aromatic carbocycles. The summed E-state index contributed by atoms with van der Waals surface area (Å²) in [7, 11) is 0. The Labute approximate surface area is 167 Å². The van der Waals surface area contributed by atoms with Crippen molar-refractivity contribution < 1.29 is 14.3 Å². The molecule has 0 aliphatic heterocycles. The van der Waals surface area contributed by atoms with E-state index in [9.17, 15) is 4.79 Å². The molecule has 0 radical (unpaired) electrons. The van der Waals surface area contributed by atoms with Gasteiger partial charge in [-0.15, -0.1) is 0 Å². The predicted octanol–water partition coefficient (Wildman–Crippen LogP) is 6.27. The Morgan fingerprint density at radius 1 is 1.27 bits per heavy atom. The second-order valence-corrected chi connectivity index (χ2v) is 9.45. The summed E-state index contributed by atoms with van der Waals surface area (Å²) in [6.45, 7) is 12.9. The van der Waals surface area contributed by atoms with Crippen molar-refractivity contribution in [1.82, 2.24) is 0 Å². The molecule has 0 spiro atoms. The van der Waals surface area contributed by atoms with Gasteiger partial charge in [-0.3, -0.25) is 0 Å². The minimum atomic E-state index is -0.725. The van der Waals surface area contributed by atoms with Gasteiger partial charge in [0.25, 0.3) is 0 Å². The number of amides is 1. The fourth-order valence-corrected chi connectivity index (χ4v) is 3.15. The van der Waals surface area contributed by atoms with Crippen LogP contribution in [-0.4, -0.2) is 18.3 Å². The smallest absolute Gasteiger partial charge is 0.405 e. The molecule has 0 saturated heterocycles. The van der Waals surface area contributed by atoms with E-state index in [0.29, 0.717) is 5.92 Å². The lowest BCUT2D eigenvalue weighted by Crippen LogP contribution is -2.27. The minimum absolute atomic E-state index is 0.453. The van der Waals surface area contributed by atoms with Crippen LogP contribution in [0.5, 0.6) is 5.75 Å². The normalized spacial score (nSPS) is 15.1. The molecule has 148 valence electrons. The average Bonchev–Trinajstić information content (AvgIpc) is 3.27. The first-order valence-electron chi connectivity index (χ1n) is 9.38. The number of carbonyl (C=O) groups is 1. The molecular weight excluding hydrogens is 394 g/mol. The van der Waals surface area contributed by atoms with E-state index in [1.807, 2.05) is 0 Å². The van der Waals surface area contributed by atoms with E-state index in [1.165, 1.54) is 24.8 Å². The maximum Gasteiger partial charge on any atom is 0.405 e. The minimum Gasteiger partial charge on any atom is -0.493 e. The lowest BCUT2D eigenvalue weighted by atomic mass is 10.00. The number of benzene rings is 1. The number of rotatable bonds is 6. The molecule has 1 aromatic rings. The SMILES string of the molecule is CC(C)(C)OC(N)=O.CC(C)CC(C)COc1ccc(Br)cc1C1CC1. The second-order valence-electron chi connectivity index (χ2n) is 8.54. The number of hydrogen-bond donors (Lipinski definition) is 1.